The van der Waals surface area contributed by atoms with Gasteiger partial charge in [0.25, 0.3) is 0 Å². The van der Waals surface area contributed by atoms with E-state index in [2.05, 4.69) is 306 Å². The summed E-state index contributed by atoms with van der Waals surface area (Å²) in [6.45, 7) is 0. The first-order valence-electron chi connectivity index (χ1n) is 25.2. The number of nitrogens with zero attached hydrogens (tertiary/aromatic N) is 6. The molecular weight excluding hydrogens is 913 g/mol. The van der Waals surface area contributed by atoms with E-state index < -0.39 is 0 Å². The molecule has 356 valence electrons. The van der Waals surface area contributed by atoms with Crippen molar-refractivity contribution < 1.29 is 0 Å². The SMILES string of the molecule is c1ccc(-c2ccc(-c3nc(-c4ccc(-c5ccccc5)cc4)nc(-c4ccc(N(c5cccc(N(c6ccccc6)c6ccccc6)c5)c5cccc(N(c6ccccc6)c6ccccc6)c5)cc4)n3)cc2)cc1. The van der Waals surface area contributed by atoms with Crippen molar-refractivity contribution in [3.05, 3.63) is 303 Å². The second-order valence-corrected chi connectivity index (χ2v) is 18.1. The third kappa shape index (κ3) is 10.0. The minimum absolute atomic E-state index is 0.582. The van der Waals surface area contributed by atoms with Crippen molar-refractivity contribution in [1.82, 2.24) is 15.0 Å². The van der Waals surface area contributed by atoms with Crippen LogP contribution in [-0.4, -0.2) is 15.0 Å². The van der Waals surface area contributed by atoms with Crippen molar-refractivity contribution in [3.63, 3.8) is 0 Å². The third-order valence-corrected chi connectivity index (χ3v) is 13.3. The molecule has 12 rings (SSSR count). The molecule has 0 aliphatic carbocycles. The first-order chi connectivity index (χ1) is 37.2. The van der Waals surface area contributed by atoms with Gasteiger partial charge in [0, 0.05) is 67.9 Å². The molecule has 0 N–H and O–H groups in total. The normalized spacial score (nSPS) is 10.9. The summed E-state index contributed by atoms with van der Waals surface area (Å²) in [4.78, 5) is 22.4. The molecule has 6 nitrogen and oxygen atoms in total. The molecule has 0 saturated carbocycles. The van der Waals surface area contributed by atoms with E-state index >= 15 is 0 Å². The fraction of sp³-hybridized carbons (Fsp3) is 0. The van der Waals surface area contributed by atoms with Crippen LogP contribution in [0.25, 0.3) is 56.4 Å². The van der Waals surface area contributed by atoms with E-state index in [1.807, 2.05) is 12.1 Å². The van der Waals surface area contributed by atoms with Crippen molar-refractivity contribution in [1.29, 1.82) is 0 Å². The first-order valence-corrected chi connectivity index (χ1v) is 25.2. The monoisotopic (exact) mass is 962 g/mol. The number of aromatic nitrogens is 3. The molecule has 0 bridgehead atoms. The van der Waals surface area contributed by atoms with Crippen molar-refractivity contribution in [3.8, 4) is 56.4 Å². The third-order valence-electron chi connectivity index (χ3n) is 13.3. The average molecular weight is 963 g/mol. The Bertz CT molecular complexity index is 3480. The summed E-state index contributed by atoms with van der Waals surface area (Å²) in [5.41, 5.74) is 16.5. The van der Waals surface area contributed by atoms with Crippen LogP contribution in [0.3, 0.4) is 0 Å². The van der Waals surface area contributed by atoms with Gasteiger partial charge in [-0.05, 0) is 131 Å². The van der Waals surface area contributed by atoms with Crippen LogP contribution in [-0.2, 0) is 0 Å². The number of anilines is 9. The standard InChI is InChI=1S/C69H50N6/c1-7-21-51(22-8-1)53-37-41-55(42-38-53)67-70-68(56-43-39-54(40-44-56)52-23-9-2-10-24-52)72-69(71-67)57-45-47-62(48-46-57)75(65-35-19-33-63(49-65)73(58-25-11-3-12-26-58)59-27-13-4-14-28-59)66-36-20-34-64(50-66)74(60-29-15-5-16-30-60)61-31-17-6-18-32-61/h1-50H. The smallest absolute Gasteiger partial charge is 0.164 e. The molecule has 0 fully saturated rings. The van der Waals surface area contributed by atoms with E-state index in [0.717, 1.165) is 90.1 Å². The average Bonchev–Trinajstić information content (AvgIpc) is 3.49. The number of hydrogen-bond donors (Lipinski definition) is 0. The topological polar surface area (TPSA) is 48.4 Å². The van der Waals surface area contributed by atoms with Crippen LogP contribution in [0.1, 0.15) is 0 Å². The minimum Gasteiger partial charge on any atom is -0.310 e. The second-order valence-electron chi connectivity index (χ2n) is 18.1. The maximum atomic E-state index is 5.19. The summed E-state index contributed by atoms with van der Waals surface area (Å²) in [6, 6.07) is 106. The summed E-state index contributed by atoms with van der Waals surface area (Å²) in [5.74, 6) is 1.78. The van der Waals surface area contributed by atoms with Crippen molar-refractivity contribution in [2.75, 3.05) is 14.7 Å². The van der Waals surface area contributed by atoms with Gasteiger partial charge < -0.3 is 14.7 Å². The van der Waals surface area contributed by atoms with Gasteiger partial charge in [-0.15, -0.1) is 0 Å². The molecule has 0 aliphatic rings. The van der Waals surface area contributed by atoms with Crippen LogP contribution in [0.2, 0.25) is 0 Å². The highest BCUT2D eigenvalue weighted by Crippen LogP contribution is 2.43. The quantitative estimate of drug-likeness (QED) is 0.108. The number of hydrogen-bond acceptors (Lipinski definition) is 6. The van der Waals surface area contributed by atoms with Gasteiger partial charge >= 0.3 is 0 Å². The largest absolute Gasteiger partial charge is 0.310 e. The van der Waals surface area contributed by atoms with Gasteiger partial charge in [0.2, 0.25) is 0 Å². The predicted octanol–water partition coefficient (Wildman–Crippen LogP) is 18.6. The van der Waals surface area contributed by atoms with Crippen LogP contribution >= 0.6 is 0 Å². The fourth-order valence-corrected chi connectivity index (χ4v) is 9.60. The first kappa shape index (κ1) is 45.9. The number of benzene rings is 11. The predicted molar refractivity (Wildman–Crippen MR) is 311 cm³/mol. The van der Waals surface area contributed by atoms with Gasteiger partial charge in [0.15, 0.2) is 17.5 Å². The van der Waals surface area contributed by atoms with Crippen molar-refractivity contribution >= 4 is 51.2 Å². The lowest BCUT2D eigenvalue weighted by Crippen LogP contribution is -2.14. The van der Waals surface area contributed by atoms with Crippen LogP contribution in [0.4, 0.5) is 51.2 Å². The van der Waals surface area contributed by atoms with Gasteiger partial charge in [-0.3, -0.25) is 0 Å². The molecule has 0 radical (unpaired) electrons. The van der Waals surface area contributed by atoms with Crippen molar-refractivity contribution in [2.24, 2.45) is 0 Å². The molecule has 1 aromatic heterocycles. The van der Waals surface area contributed by atoms with E-state index in [9.17, 15) is 0 Å². The molecule has 0 aliphatic heterocycles. The summed E-state index contributed by atoms with van der Waals surface area (Å²) in [7, 11) is 0. The van der Waals surface area contributed by atoms with Crippen LogP contribution in [0.15, 0.2) is 303 Å². The van der Waals surface area contributed by atoms with Crippen LogP contribution < -0.4 is 14.7 Å². The van der Waals surface area contributed by atoms with E-state index in [1.54, 1.807) is 0 Å². The molecule has 0 saturated heterocycles. The van der Waals surface area contributed by atoms with Crippen LogP contribution in [0, 0.1) is 0 Å². The summed E-state index contributed by atoms with van der Waals surface area (Å²) in [5, 5.41) is 0. The Kier molecular flexibility index (Phi) is 13.0. The van der Waals surface area contributed by atoms with E-state index in [0.29, 0.717) is 17.5 Å². The van der Waals surface area contributed by atoms with Crippen LogP contribution in [0.5, 0.6) is 0 Å². The molecule has 6 heteroatoms. The van der Waals surface area contributed by atoms with E-state index in [-0.39, 0.29) is 0 Å². The number of rotatable bonds is 14. The Hall–Kier alpha value is -10.2. The number of para-hydroxylation sites is 4. The highest BCUT2D eigenvalue weighted by atomic mass is 15.2. The molecule has 0 spiro atoms. The molecule has 1 heterocycles. The maximum absolute atomic E-state index is 5.19. The second kappa shape index (κ2) is 21.3. The van der Waals surface area contributed by atoms with Gasteiger partial charge in [0.05, 0.1) is 0 Å². The summed E-state index contributed by atoms with van der Waals surface area (Å²) < 4.78 is 0. The van der Waals surface area contributed by atoms with Crippen molar-refractivity contribution in [2.45, 2.75) is 0 Å². The molecule has 0 atom stereocenters. The zero-order valence-electron chi connectivity index (χ0n) is 41.1. The summed E-state index contributed by atoms with van der Waals surface area (Å²) >= 11 is 0. The molecule has 0 unspecified atom stereocenters. The lowest BCUT2D eigenvalue weighted by Gasteiger charge is -2.31. The lowest BCUT2D eigenvalue weighted by atomic mass is 10.0. The highest BCUT2D eigenvalue weighted by molar-refractivity contribution is 5.86. The Morgan fingerprint density at radius 3 is 0.653 bits per heavy atom. The maximum Gasteiger partial charge on any atom is 0.164 e. The fourth-order valence-electron chi connectivity index (χ4n) is 9.60. The Morgan fingerprint density at radius 1 is 0.160 bits per heavy atom. The van der Waals surface area contributed by atoms with Gasteiger partial charge in [-0.25, -0.2) is 15.0 Å². The van der Waals surface area contributed by atoms with E-state index in [4.69, 9.17) is 15.0 Å². The van der Waals surface area contributed by atoms with Gasteiger partial charge in [-0.2, -0.15) is 0 Å². The lowest BCUT2D eigenvalue weighted by molar-refractivity contribution is 1.07. The Labute approximate surface area is 438 Å². The van der Waals surface area contributed by atoms with Gasteiger partial charge in [0.1, 0.15) is 0 Å². The van der Waals surface area contributed by atoms with Gasteiger partial charge in [-0.1, -0.05) is 194 Å². The molecular formula is C69H50N6. The Balaban J connectivity index is 0.976. The highest BCUT2D eigenvalue weighted by Gasteiger charge is 2.21. The molecule has 75 heavy (non-hydrogen) atoms. The van der Waals surface area contributed by atoms with E-state index in [1.165, 1.54) is 0 Å². The molecule has 12 aromatic rings. The zero-order valence-corrected chi connectivity index (χ0v) is 41.1. The molecule has 0 amide bonds. The Morgan fingerprint density at radius 2 is 0.360 bits per heavy atom. The minimum atomic E-state index is 0.582. The zero-order chi connectivity index (χ0) is 50.2. The summed E-state index contributed by atoms with van der Waals surface area (Å²) in [6.07, 6.45) is 0. The molecule has 11 aromatic carbocycles.